The topological polar surface area (TPSA) is 109 Å². The van der Waals surface area contributed by atoms with Crippen molar-refractivity contribution in [2.24, 2.45) is 11.5 Å². The average Bonchev–Trinajstić information content (AvgIpc) is 3.39. The van der Waals surface area contributed by atoms with Gasteiger partial charge >= 0.3 is 0 Å². The van der Waals surface area contributed by atoms with Crippen molar-refractivity contribution >= 4 is 63.7 Å². The molecule has 28 heavy (non-hydrogen) atoms. The van der Waals surface area contributed by atoms with Crippen LogP contribution >= 0.6 is 12.2 Å². The number of nitrogens with zero attached hydrogens (tertiary/aromatic N) is 2. The number of H-pyrrole nitrogens is 2. The predicted octanol–water partition coefficient (Wildman–Crippen LogP) is 3.84. The Balaban J connectivity index is 0.000000442. The molecule has 7 heteroatoms. The van der Waals surface area contributed by atoms with Gasteiger partial charge in [-0.2, -0.15) is 0 Å². The predicted molar refractivity (Wildman–Crippen MR) is 120 cm³/mol. The van der Waals surface area contributed by atoms with E-state index in [2.05, 4.69) is 67.9 Å². The molecule has 0 radical (unpaired) electrons. The van der Waals surface area contributed by atoms with Gasteiger partial charge in [-0.3, -0.25) is 0 Å². The van der Waals surface area contributed by atoms with Crippen molar-refractivity contribution < 1.29 is 0 Å². The van der Waals surface area contributed by atoms with Crippen molar-refractivity contribution in [3.8, 4) is 0 Å². The van der Waals surface area contributed by atoms with E-state index in [0.29, 0.717) is 0 Å². The van der Waals surface area contributed by atoms with Crippen LogP contribution in [0.1, 0.15) is 22.8 Å². The van der Waals surface area contributed by atoms with Crippen LogP contribution in [-0.4, -0.2) is 25.0 Å². The highest BCUT2D eigenvalue weighted by Gasteiger charge is 2.01. The fourth-order valence-corrected chi connectivity index (χ4v) is 2.94. The minimum absolute atomic E-state index is 0.000000000000000222. The number of thiocarbonyl (C=S) groups is 1. The molecule has 0 amide bonds. The van der Waals surface area contributed by atoms with Gasteiger partial charge in [-0.05, 0) is 85.1 Å². The molecule has 8 bridgehead atoms. The Bertz CT molecular complexity index is 1080. The summed E-state index contributed by atoms with van der Waals surface area (Å²) in [7, 11) is 0. The van der Waals surface area contributed by atoms with Crippen LogP contribution in [0.3, 0.4) is 0 Å². The maximum absolute atomic E-state index is 4.63. The summed E-state index contributed by atoms with van der Waals surface area (Å²) in [6.07, 6.45) is 8.09. The lowest BCUT2D eigenvalue weighted by Crippen LogP contribution is -2.18. The molecule has 5 rings (SSSR count). The second kappa shape index (κ2) is 7.50. The standard InChI is InChI=1S/C20H14N4.CH4N2S/c1-2-14-10-16-5-6-18(23-16)12-20-8-7-19(24-20)11-17-4-3-15(22-17)9-13(1)21-14;2-1(3)4/h1-12,21,24H;(H4,2,3,4). The lowest BCUT2D eigenvalue weighted by atomic mass is 10.3. The molecule has 0 saturated carbocycles. The lowest BCUT2D eigenvalue weighted by molar-refractivity contribution is 1.31. The van der Waals surface area contributed by atoms with Crippen molar-refractivity contribution in [3.63, 3.8) is 0 Å². The van der Waals surface area contributed by atoms with E-state index in [4.69, 9.17) is 0 Å². The summed E-state index contributed by atoms with van der Waals surface area (Å²) in [6, 6.07) is 16.4. The summed E-state index contributed by atoms with van der Waals surface area (Å²) in [5.74, 6) is 0. The number of hydrogen-bond acceptors (Lipinski definition) is 3. The summed E-state index contributed by atoms with van der Waals surface area (Å²) >= 11 is 4.09. The highest BCUT2D eigenvalue weighted by atomic mass is 32.1. The fourth-order valence-electron chi connectivity index (χ4n) is 2.94. The molecular weight excluding hydrogens is 368 g/mol. The summed E-state index contributed by atoms with van der Waals surface area (Å²) in [5.41, 5.74) is 17.1. The van der Waals surface area contributed by atoms with Gasteiger partial charge in [0.15, 0.2) is 5.11 Å². The van der Waals surface area contributed by atoms with Crippen molar-refractivity contribution in [2.75, 3.05) is 0 Å². The number of fused-ring (bicyclic) bond motifs is 8. The van der Waals surface area contributed by atoms with Crippen molar-refractivity contribution in [1.82, 2.24) is 19.9 Å². The highest BCUT2D eigenvalue weighted by molar-refractivity contribution is 7.80. The van der Waals surface area contributed by atoms with Gasteiger partial charge in [-0.25, -0.2) is 9.97 Å². The average molecular weight is 386 g/mol. The monoisotopic (exact) mass is 386 g/mol. The molecule has 6 nitrogen and oxygen atoms in total. The number of rotatable bonds is 0. The Kier molecular flexibility index (Phi) is 4.74. The van der Waals surface area contributed by atoms with Crippen LogP contribution in [0.2, 0.25) is 0 Å². The molecule has 2 aliphatic heterocycles. The van der Waals surface area contributed by atoms with Crippen LogP contribution in [0.25, 0.3) is 46.4 Å². The van der Waals surface area contributed by atoms with Gasteiger partial charge in [-0.15, -0.1) is 0 Å². The maximum Gasteiger partial charge on any atom is 0.160 e. The van der Waals surface area contributed by atoms with Gasteiger partial charge in [0.25, 0.3) is 0 Å². The number of nitrogens with one attached hydrogen (secondary N) is 2. The summed E-state index contributed by atoms with van der Waals surface area (Å²) < 4.78 is 0. The quantitative estimate of drug-likeness (QED) is 0.302. The van der Waals surface area contributed by atoms with Gasteiger partial charge in [0.05, 0.1) is 22.8 Å². The van der Waals surface area contributed by atoms with Gasteiger partial charge in [0.1, 0.15) is 0 Å². The molecule has 2 aliphatic rings. The van der Waals surface area contributed by atoms with E-state index in [0.717, 1.165) is 44.8 Å². The first-order valence-electron chi connectivity index (χ1n) is 8.63. The molecule has 0 spiro atoms. The molecule has 0 aromatic carbocycles. The van der Waals surface area contributed by atoms with Crippen molar-refractivity contribution in [1.29, 1.82) is 0 Å². The molecule has 0 aliphatic carbocycles. The number of nitrogens with two attached hydrogens (primary N) is 2. The second-order valence-electron chi connectivity index (χ2n) is 6.31. The van der Waals surface area contributed by atoms with E-state index in [-0.39, 0.29) is 5.11 Å². The third-order valence-corrected chi connectivity index (χ3v) is 4.04. The summed E-state index contributed by atoms with van der Waals surface area (Å²) in [4.78, 5) is 16.0. The van der Waals surface area contributed by atoms with Gasteiger partial charge in [0, 0.05) is 22.1 Å². The van der Waals surface area contributed by atoms with E-state index in [1.54, 1.807) is 0 Å². The van der Waals surface area contributed by atoms with Gasteiger partial charge in [-0.1, -0.05) is 0 Å². The maximum atomic E-state index is 4.63. The van der Waals surface area contributed by atoms with E-state index >= 15 is 0 Å². The normalized spacial score (nSPS) is 11.7. The molecule has 0 saturated heterocycles. The molecule has 3 aromatic rings. The molecular formula is C21H18N6S. The van der Waals surface area contributed by atoms with Crippen LogP contribution in [0.5, 0.6) is 0 Å². The van der Waals surface area contributed by atoms with Gasteiger partial charge in [0.2, 0.25) is 0 Å². The Labute approximate surface area is 166 Å². The highest BCUT2D eigenvalue weighted by Crippen LogP contribution is 2.16. The molecule has 0 atom stereocenters. The number of aromatic amines is 2. The minimum Gasteiger partial charge on any atom is -0.377 e. The Hall–Kier alpha value is -3.71. The largest absolute Gasteiger partial charge is 0.377 e. The fraction of sp³-hybridized carbons (Fsp3) is 0. The zero-order valence-corrected chi connectivity index (χ0v) is 15.7. The molecule has 0 unspecified atom stereocenters. The summed E-state index contributed by atoms with van der Waals surface area (Å²) in [5, 5.41) is 0.000000000000000222. The van der Waals surface area contributed by atoms with Crippen molar-refractivity contribution in [2.45, 2.75) is 0 Å². The number of hydrogen-bond donors (Lipinski definition) is 4. The van der Waals surface area contributed by atoms with Crippen LogP contribution in [0.15, 0.2) is 48.5 Å². The molecule has 0 fully saturated rings. The third kappa shape index (κ3) is 4.33. The first-order valence-corrected chi connectivity index (χ1v) is 9.04. The Morgan fingerprint density at radius 2 is 0.857 bits per heavy atom. The molecule has 138 valence electrons. The third-order valence-electron chi connectivity index (χ3n) is 4.04. The molecule has 6 N–H and O–H groups in total. The molecule has 3 aromatic heterocycles. The first kappa shape index (κ1) is 17.7. The van der Waals surface area contributed by atoms with Crippen LogP contribution in [0.4, 0.5) is 0 Å². The van der Waals surface area contributed by atoms with Crippen LogP contribution < -0.4 is 11.5 Å². The first-order chi connectivity index (χ1) is 13.5. The lowest BCUT2D eigenvalue weighted by Gasteiger charge is -1.85. The summed E-state index contributed by atoms with van der Waals surface area (Å²) in [6.45, 7) is 0. The number of aromatic nitrogens is 4. The zero-order chi connectivity index (χ0) is 19.5. The SMILES string of the molecule is C1=Cc2cc3ccc(cc4nc(cc5ccc(cc1n2)[nH]5)C=C4)[nH]3.NC(N)=S. The van der Waals surface area contributed by atoms with E-state index in [1.807, 2.05) is 48.6 Å². The molecule has 5 heterocycles. The second-order valence-corrected chi connectivity index (χ2v) is 6.78. The van der Waals surface area contributed by atoms with Gasteiger partial charge < -0.3 is 21.4 Å². The zero-order valence-electron chi connectivity index (χ0n) is 14.9. The van der Waals surface area contributed by atoms with E-state index in [9.17, 15) is 0 Å². The van der Waals surface area contributed by atoms with Crippen LogP contribution in [-0.2, 0) is 0 Å². The van der Waals surface area contributed by atoms with E-state index in [1.165, 1.54) is 0 Å². The van der Waals surface area contributed by atoms with E-state index < -0.39 is 0 Å². The Morgan fingerprint density at radius 1 is 0.607 bits per heavy atom. The van der Waals surface area contributed by atoms with Crippen molar-refractivity contribution in [3.05, 3.63) is 71.3 Å². The van der Waals surface area contributed by atoms with Crippen LogP contribution in [0, 0.1) is 0 Å². The Morgan fingerprint density at radius 3 is 1.11 bits per heavy atom. The minimum atomic E-state index is 0.000000000000000222. The smallest absolute Gasteiger partial charge is 0.160 e.